The molecular formula is C22H20F2N4O4. The van der Waals surface area contributed by atoms with Crippen LogP contribution in [0, 0.1) is 18.6 Å². The highest BCUT2D eigenvalue weighted by molar-refractivity contribution is 6.04. The second-order valence-corrected chi connectivity index (χ2v) is 7.21. The van der Waals surface area contributed by atoms with Crippen molar-refractivity contribution in [1.82, 2.24) is 9.78 Å². The Bertz CT molecular complexity index is 1220. The van der Waals surface area contributed by atoms with Crippen LogP contribution in [-0.2, 0) is 9.59 Å². The molecule has 0 fully saturated rings. The number of rotatable bonds is 6. The van der Waals surface area contributed by atoms with E-state index in [0.29, 0.717) is 28.6 Å². The van der Waals surface area contributed by atoms with Crippen molar-refractivity contribution in [3.8, 4) is 22.6 Å². The molecular weight excluding hydrogens is 422 g/mol. The smallest absolute Gasteiger partial charge is 0.251 e. The molecule has 166 valence electrons. The van der Waals surface area contributed by atoms with Crippen molar-refractivity contribution >= 4 is 23.3 Å². The van der Waals surface area contributed by atoms with Crippen molar-refractivity contribution < 1.29 is 27.8 Å². The molecule has 1 aromatic heterocycles. The van der Waals surface area contributed by atoms with E-state index in [-0.39, 0.29) is 12.1 Å². The van der Waals surface area contributed by atoms with Crippen LogP contribution in [0.3, 0.4) is 0 Å². The van der Waals surface area contributed by atoms with Crippen LogP contribution in [0.2, 0.25) is 0 Å². The number of hydrogen-bond acceptors (Lipinski definition) is 5. The topological polar surface area (TPSA) is 94.5 Å². The Kier molecular flexibility index (Phi) is 5.52. The molecule has 1 aliphatic heterocycles. The van der Waals surface area contributed by atoms with Gasteiger partial charge in [0, 0.05) is 17.3 Å². The summed E-state index contributed by atoms with van der Waals surface area (Å²) in [5.41, 5.74) is 2.20. The molecule has 0 radical (unpaired) electrons. The van der Waals surface area contributed by atoms with E-state index in [0.717, 1.165) is 17.7 Å². The Morgan fingerprint density at radius 3 is 2.56 bits per heavy atom. The van der Waals surface area contributed by atoms with E-state index in [9.17, 15) is 18.4 Å². The van der Waals surface area contributed by atoms with Crippen LogP contribution in [0.1, 0.15) is 18.2 Å². The van der Waals surface area contributed by atoms with E-state index in [1.54, 1.807) is 19.1 Å². The predicted molar refractivity (Wildman–Crippen MR) is 113 cm³/mol. The summed E-state index contributed by atoms with van der Waals surface area (Å²) in [6.45, 7) is 1.79. The molecule has 4 rings (SSSR count). The Balaban J connectivity index is 1.60. The molecule has 0 spiro atoms. The standard InChI is InChI=1S/C22H20F2N4O4/c1-11-20(12-4-7-17(31-2)18(8-12)32-3)21-26-22(30)16(28(21)27-11)10-19(29)25-13-5-6-14(23)15(24)9-13/h4-9,16H,10H2,1-3H3,(H,25,29)(H,26,30). The molecule has 32 heavy (non-hydrogen) atoms. The lowest BCUT2D eigenvalue weighted by molar-refractivity contribution is -0.123. The zero-order valence-corrected chi connectivity index (χ0v) is 17.5. The summed E-state index contributed by atoms with van der Waals surface area (Å²) in [6.07, 6.45) is -0.232. The summed E-state index contributed by atoms with van der Waals surface area (Å²) in [6, 6.07) is 7.49. The van der Waals surface area contributed by atoms with Crippen molar-refractivity contribution in [1.29, 1.82) is 0 Å². The number of aryl methyl sites for hydroxylation is 1. The van der Waals surface area contributed by atoms with Crippen molar-refractivity contribution in [3.05, 3.63) is 53.7 Å². The first-order valence-electron chi connectivity index (χ1n) is 9.69. The van der Waals surface area contributed by atoms with Crippen LogP contribution in [0.25, 0.3) is 11.1 Å². The maximum absolute atomic E-state index is 13.4. The highest BCUT2D eigenvalue weighted by atomic mass is 19.2. The van der Waals surface area contributed by atoms with Gasteiger partial charge in [0.15, 0.2) is 23.1 Å². The van der Waals surface area contributed by atoms with Crippen LogP contribution in [0.5, 0.6) is 11.5 Å². The van der Waals surface area contributed by atoms with Crippen LogP contribution >= 0.6 is 0 Å². The number of methoxy groups -OCH3 is 2. The summed E-state index contributed by atoms with van der Waals surface area (Å²) in [5.74, 6) is -1.47. The predicted octanol–water partition coefficient (Wildman–Crippen LogP) is 3.68. The lowest BCUT2D eigenvalue weighted by Gasteiger charge is -2.10. The largest absolute Gasteiger partial charge is 0.493 e. The second kappa shape index (κ2) is 8.29. The molecule has 2 aromatic carbocycles. The number of carbonyl (C=O) groups is 2. The SMILES string of the molecule is COc1ccc(-c2c(C)nn3c2NC(=O)C3CC(=O)Nc2ccc(F)c(F)c2)cc1OC. The van der Waals surface area contributed by atoms with E-state index in [1.807, 2.05) is 6.07 Å². The van der Waals surface area contributed by atoms with Crippen molar-refractivity contribution in [2.75, 3.05) is 24.9 Å². The molecule has 1 atom stereocenters. The first kappa shape index (κ1) is 21.3. The average Bonchev–Trinajstić information content (AvgIpc) is 3.23. The van der Waals surface area contributed by atoms with E-state index in [4.69, 9.17) is 9.47 Å². The molecule has 2 heterocycles. The van der Waals surface area contributed by atoms with Gasteiger partial charge in [0.25, 0.3) is 5.91 Å². The van der Waals surface area contributed by atoms with Gasteiger partial charge >= 0.3 is 0 Å². The number of nitrogens with one attached hydrogen (secondary N) is 2. The molecule has 0 saturated carbocycles. The molecule has 1 aliphatic rings. The number of anilines is 2. The van der Waals surface area contributed by atoms with Gasteiger partial charge < -0.3 is 20.1 Å². The van der Waals surface area contributed by atoms with Crippen LogP contribution in [-0.4, -0.2) is 35.8 Å². The van der Waals surface area contributed by atoms with Gasteiger partial charge in [-0.25, -0.2) is 13.5 Å². The summed E-state index contributed by atoms with van der Waals surface area (Å²) in [7, 11) is 3.07. The third-order valence-electron chi connectivity index (χ3n) is 5.18. The summed E-state index contributed by atoms with van der Waals surface area (Å²) >= 11 is 0. The molecule has 0 bridgehead atoms. The highest BCUT2D eigenvalue weighted by Crippen LogP contribution is 2.41. The fraction of sp³-hybridized carbons (Fsp3) is 0.227. The molecule has 8 nitrogen and oxygen atoms in total. The minimum absolute atomic E-state index is 0.0928. The van der Waals surface area contributed by atoms with Gasteiger partial charge in [-0.3, -0.25) is 9.59 Å². The fourth-order valence-corrected chi connectivity index (χ4v) is 3.68. The molecule has 2 amide bonds. The summed E-state index contributed by atoms with van der Waals surface area (Å²) in [5, 5.41) is 9.71. The van der Waals surface area contributed by atoms with Crippen LogP contribution in [0.4, 0.5) is 20.3 Å². The lowest BCUT2D eigenvalue weighted by Crippen LogP contribution is -2.23. The maximum Gasteiger partial charge on any atom is 0.251 e. The van der Waals surface area contributed by atoms with E-state index in [2.05, 4.69) is 15.7 Å². The Hall–Kier alpha value is -3.95. The normalized spacial score (nSPS) is 14.7. The van der Waals surface area contributed by atoms with Crippen molar-refractivity contribution in [2.24, 2.45) is 0 Å². The minimum atomic E-state index is -1.08. The Morgan fingerprint density at radius 2 is 1.88 bits per heavy atom. The second-order valence-electron chi connectivity index (χ2n) is 7.21. The molecule has 0 saturated heterocycles. The average molecular weight is 442 g/mol. The van der Waals surface area contributed by atoms with Gasteiger partial charge in [-0.2, -0.15) is 5.10 Å². The number of hydrogen-bond donors (Lipinski definition) is 2. The maximum atomic E-state index is 13.4. The molecule has 2 N–H and O–H groups in total. The number of aromatic nitrogens is 2. The van der Waals surface area contributed by atoms with E-state index in [1.165, 1.54) is 25.0 Å². The number of carbonyl (C=O) groups excluding carboxylic acids is 2. The highest BCUT2D eigenvalue weighted by Gasteiger charge is 2.36. The van der Waals surface area contributed by atoms with Crippen molar-refractivity contribution in [2.45, 2.75) is 19.4 Å². The fourth-order valence-electron chi connectivity index (χ4n) is 3.68. The Labute approximate surface area is 182 Å². The summed E-state index contributed by atoms with van der Waals surface area (Å²) in [4.78, 5) is 25.0. The first-order valence-corrected chi connectivity index (χ1v) is 9.69. The lowest BCUT2D eigenvalue weighted by atomic mass is 10.1. The van der Waals surface area contributed by atoms with Gasteiger partial charge in [0.2, 0.25) is 5.91 Å². The van der Waals surface area contributed by atoms with Crippen molar-refractivity contribution in [3.63, 3.8) is 0 Å². The number of amides is 2. The minimum Gasteiger partial charge on any atom is -0.493 e. The molecule has 1 unspecified atom stereocenters. The van der Waals surface area contributed by atoms with Gasteiger partial charge in [-0.15, -0.1) is 0 Å². The quantitative estimate of drug-likeness (QED) is 0.608. The van der Waals surface area contributed by atoms with Gasteiger partial charge in [-0.05, 0) is 36.8 Å². The van der Waals surface area contributed by atoms with Gasteiger partial charge in [0.05, 0.1) is 26.3 Å². The van der Waals surface area contributed by atoms with Gasteiger partial charge in [-0.1, -0.05) is 6.07 Å². The number of halogens is 2. The molecule has 10 heteroatoms. The monoisotopic (exact) mass is 442 g/mol. The Morgan fingerprint density at radius 1 is 1.12 bits per heavy atom. The third kappa shape index (κ3) is 3.75. The van der Waals surface area contributed by atoms with E-state index < -0.39 is 29.5 Å². The number of ether oxygens (including phenoxy) is 2. The number of fused-ring (bicyclic) bond motifs is 1. The van der Waals surface area contributed by atoms with E-state index >= 15 is 0 Å². The first-order chi connectivity index (χ1) is 15.3. The zero-order chi connectivity index (χ0) is 23.0. The number of nitrogens with zero attached hydrogens (tertiary/aromatic N) is 2. The van der Waals surface area contributed by atoms with Gasteiger partial charge in [0.1, 0.15) is 11.9 Å². The third-order valence-corrected chi connectivity index (χ3v) is 5.18. The van der Waals surface area contributed by atoms with Crippen LogP contribution in [0.15, 0.2) is 36.4 Å². The number of benzene rings is 2. The molecule has 3 aromatic rings. The van der Waals surface area contributed by atoms with Crippen LogP contribution < -0.4 is 20.1 Å². The summed E-state index contributed by atoms with van der Waals surface area (Å²) < 4.78 is 38.6. The molecule has 0 aliphatic carbocycles. The zero-order valence-electron chi connectivity index (χ0n) is 17.5.